The highest BCUT2D eigenvalue weighted by molar-refractivity contribution is 8.00. The van der Waals surface area contributed by atoms with Crippen molar-refractivity contribution >= 4 is 23.4 Å². The molecular formula is C14H20ClNS. The van der Waals surface area contributed by atoms with Crippen LogP contribution >= 0.6 is 23.4 Å². The van der Waals surface area contributed by atoms with Crippen molar-refractivity contribution in [2.45, 2.75) is 37.5 Å². The van der Waals surface area contributed by atoms with Gasteiger partial charge in [0.25, 0.3) is 0 Å². The summed E-state index contributed by atoms with van der Waals surface area (Å²) in [4.78, 5) is 0. The second kappa shape index (κ2) is 5.64. The molecule has 0 aromatic heterocycles. The van der Waals surface area contributed by atoms with Gasteiger partial charge in [0.1, 0.15) is 0 Å². The Morgan fingerprint density at radius 1 is 1.53 bits per heavy atom. The lowest BCUT2D eigenvalue weighted by atomic mass is 9.90. The molecule has 1 fully saturated rings. The van der Waals surface area contributed by atoms with Gasteiger partial charge in [-0.1, -0.05) is 30.7 Å². The van der Waals surface area contributed by atoms with Crippen LogP contribution in [-0.4, -0.2) is 17.0 Å². The van der Waals surface area contributed by atoms with Crippen molar-refractivity contribution in [1.29, 1.82) is 0 Å². The average Bonchev–Trinajstić information content (AvgIpc) is 2.74. The van der Waals surface area contributed by atoms with E-state index in [1.807, 2.05) is 12.1 Å². The molecule has 0 bridgehead atoms. The maximum absolute atomic E-state index is 6.11. The molecule has 1 aliphatic rings. The molecular weight excluding hydrogens is 250 g/mol. The minimum atomic E-state index is 0.306. The van der Waals surface area contributed by atoms with Gasteiger partial charge in [0.15, 0.2) is 0 Å². The van der Waals surface area contributed by atoms with Gasteiger partial charge in [0.05, 0.1) is 0 Å². The van der Waals surface area contributed by atoms with Crippen LogP contribution < -0.4 is 5.32 Å². The van der Waals surface area contributed by atoms with Crippen LogP contribution in [0.5, 0.6) is 0 Å². The first-order valence-electron chi connectivity index (χ1n) is 6.28. The molecule has 3 heteroatoms. The zero-order valence-electron chi connectivity index (χ0n) is 10.5. The maximum Gasteiger partial charge on any atom is 0.0466 e. The topological polar surface area (TPSA) is 12.0 Å². The van der Waals surface area contributed by atoms with Crippen LogP contribution in [0.15, 0.2) is 24.3 Å². The second-order valence-electron chi connectivity index (χ2n) is 4.81. The van der Waals surface area contributed by atoms with Crippen LogP contribution in [0.3, 0.4) is 0 Å². The second-order valence-corrected chi connectivity index (χ2v) is 6.88. The first-order chi connectivity index (χ1) is 8.15. The van der Waals surface area contributed by atoms with Crippen molar-refractivity contribution in [2.24, 2.45) is 0 Å². The standard InChI is InChI=1S/C14H20ClNS/c1-3-16-13(14(2)8-5-9-17-14)11-6-4-7-12(15)10-11/h4,6-7,10,13,16H,3,5,8-9H2,1-2H3. The Hall–Kier alpha value is -0.180. The third-order valence-electron chi connectivity index (χ3n) is 3.45. The van der Waals surface area contributed by atoms with Crippen LogP contribution in [0.2, 0.25) is 5.02 Å². The van der Waals surface area contributed by atoms with Gasteiger partial charge >= 0.3 is 0 Å². The molecule has 0 amide bonds. The summed E-state index contributed by atoms with van der Waals surface area (Å²) < 4.78 is 0.306. The lowest BCUT2D eigenvalue weighted by Crippen LogP contribution is -2.37. The Bertz CT molecular complexity index is 374. The summed E-state index contributed by atoms with van der Waals surface area (Å²) in [5.41, 5.74) is 1.32. The molecule has 0 saturated carbocycles. The van der Waals surface area contributed by atoms with E-state index in [9.17, 15) is 0 Å². The smallest absolute Gasteiger partial charge is 0.0466 e. The number of thioether (sulfide) groups is 1. The van der Waals surface area contributed by atoms with E-state index in [1.54, 1.807) is 0 Å². The Morgan fingerprint density at radius 2 is 2.35 bits per heavy atom. The van der Waals surface area contributed by atoms with E-state index in [1.165, 1.54) is 24.2 Å². The highest BCUT2D eigenvalue weighted by Gasteiger charge is 2.38. The summed E-state index contributed by atoms with van der Waals surface area (Å²) in [5.74, 6) is 1.28. The lowest BCUT2D eigenvalue weighted by Gasteiger charge is -2.34. The van der Waals surface area contributed by atoms with Gasteiger partial charge in [-0.25, -0.2) is 0 Å². The third-order valence-corrected chi connectivity index (χ3v) is 5.28. The van der Waals surface area contributed by atoms with E-state index in [0.29, 0.717) is 10.8 Å². The van der Waals surface area contributed by atoms with E-state index < -0.39 is 0 Å². The molecule has 1 saturated heterocycles. The molecule has 1 aromatic rings. The van der Waals surface area contributed by atoms with Crippen molar-refractivity contribution < 1.29 is 0 Å². The Morgan fingerprint density at radius 3 is 2.94 bits per heavy atom. The van der Waals surface area contributed by atoms with Crippen molar-refractivity contribution in [1.82, 2.24) is 5.32 Å². The maximum atomic E-state index is 6.11. The molecule has 2 atom stereocenters. The number of hydrogen-bond acceptors (Lipinski definition) is 2. The van der Waals surface area contributed by atoms with Gasteiger partial charge in [-0.05, 0) is 49.8 Å². The fourth-order valence-electron chi connectivity index (χ4n) is 2.60. The van der Waals surface area contributed by atoms with Crippen LogP contribution in [0.4, 0.5) is 0 Å². The number of benzene rings is 1. The predicted molar refractivity (Wildman–Crippen MR) is 78.0 cm³/mol. The normalized spacial score (nSPS) is 26.1. The van der Waals surface area contributed by atoms with Gasteiger partial charge in [-0.15, -0.1) is 0 Å². The highest BCUT2D eigenvalue weighted by Crippen LogP contribution is 2.46. The van der Waals surface area contributed by atoms with E-state index in [4.69, 9.17) is 11.6 Å². The van der Waals surface area contributed by atoms with Crippen LogP contribution in [-0.2, 0) is 0 Å². The molecule has 17 heavy (non-hydrogen) atoms. The predicted octanol–water partition coefficient (Wildman–Crippen LogP) is 4.28. The number of nitrogens with one attached hydrogen (secondary N) is 1. The molecule has 94 valence electrons. The Balaban J connectivity index is 2.28. The first-order valence-corrected chi connectivity index (χ1v) is 7.65. The zero-order chi connectivity index (χ0) is 12.3. The fraction of sp³-hybridized carbons (Fsp3) is 0.571. The summed E-state index contributed by atoms with van der Waals surface area (Å²) >= 11 is 8.19. The van der Waals surface area contributed by atoms with Gasteiger partial charge in [0.2, 0.25) is 0 Å². The first kappa shape index (κ1) is 13.3. The van der Waals surface area contributed by atoms with Gasteiger partial charge in [0, 0.05) is 15.8 Å². The summed E-state index contributed by atoms with van der Waals surface area (Å²) in [6.45, 7) is 5.53. The van der Waals surface area contributed by atoms with E-state index in [0.717, 1.165) is 11.6 Å². The molecule has 1 heterocycles. The van der Waals surface area contributed by atoms with Crippen molar-refractivity contribution in [3.63, 3.8) is 0 Å². The average molecular weight is 270 g/mol. The van der Waals surface area contributed by atoms with E-state index in [-0.39, 0.29) is 0 Å². The third kappa shape index (κ3) is 2.98. The molecule has 1 N–H and O–H groups in total. The molecule has 2 unspecified atom stereocenters. The molecule has 0 aliphatic carbocycles. The van der Waals surface area contributed by atoms with E-state index in [2.05, 4.69) is 43.1 Å². The number of halogens is 1. The molecule has 0 radical (unpaired) electrons. The molecule has 0 spiro atoms. The zero-order valence-corrected chi connectivity index (χ0v) is 12.1. The minimum Gasteiger partial charge on any atom is -0.309 e. The summed E-state index contributed by atoms with van der Waals surface area (Å²) in [6, 6.07) is 8.67. The minimum absolute atomic E-state index is 0.306. The molecule has 1 nitrogen and oxygen atoms in total. The SMILES string of the molecule is CCNC(c1cccc(Cl)c1)C1(C)CCCS1. The van der Waals surface area contributed by atoms with Crippen LogP contribution in [0, 0.1) is 0 Å². The largest absolute Gasteiger partial charge is 0.309 e. The fourth-order valence-corrected chi connectivity index (χ4v) is 4.23. The Labute approximate surface area is 113 Å². The summed E-state index contributed by atoms with van der Waals surface area (Å²) in [5, 5.41) is 4.46. The Kier molecular flexibility index (Phi) is 4.40. The molecule has 1 aliphatic heterocycles. The molecule has 1 aromatic carbocycles. The quantitative estimate of drug-likeness (QED) is 0.876. The monoisotopic (exact) mass is 269 g/mol. The number of rotatable bonds is 4. The molecule has 2 rings (SSSR count). The summed E-state index contributed by atoms with van der Waals surface area (Å²) in [6.07, 6.45) is 2.60. The van der Waals surface area contributed by atoms with Crippen LogP contribution in [0.1, 0.15) is 38.3 Å². The van der Waals surface area contributed by atoms with Crippen molar-refractivity contribution in [2.75, 3.05) is 12.3 Å². The highest BCUT2D eigenvalue weighted by atomic mass is 35.5. The van der Waals surface area contributed by atoms with Crippen molar-refractivity contribution in [3.8, 4) is 0 Å². The number of hydrogen-bond donors (Lipinski definition) is 1. The van der Waals surface area contributed by atoms with Gasteiger partial charge in [-0.3, -0.25) is 0 Å². The van der Waals surface area contributed by atoms with Gasteiger partial charge < -0.3 is 5.32 Å². The lowest BCUT2D eigenvalue weighted by molar-refractivity contribution is 0.421. The van der Waals surface area contributed by atoms with E-state index >= 15 is 0 Å². The summed E-state index contributed by atoms with van der Waals surface area (Å²) in [7, 11) is 0. The van der Waals surface area contributed by atoms with Crippen LogP contribution in [0.25, 0.3) is 0 Å². The van der Waals surface area contributed by atoms with Gasteiger partial charge in [-0.2, -0.15) is 11.8 Å². The van der Waals surface area contributed by atoms with Crippen molar-refractivity contribution in [3.05, 3.63) is 34.9 Å².